The van der Waals surface area contributed by atoms with Crippen molar-refractivity contribution in [1.29, 1.82) is 0 Å². The van der Waals surface area contributed by atoms with Crippen molar-refractivity contribution in [3.63, 3.8) is 0 Å². The van der Waals surface area contributed by atoms with Gasteiger partial charge in [-0.1, -0.05) is 11.8 Å². The Bertz CT molecular complexity index is 829. The van der Waals surface area contributed by atoms with Gasteiger partial charge in [0.25, 0.3) is 5.89 Å². The van der Waals surface area contributed by atoms with Gasteiger partial charge in [0.15, 0.2) is 5.57 Å². The minimum Gasteiger partial charge on any atom is -0.497 e. The summed E-state index contributed by atoms with van der Waals surface area (Å²) in [5.74, 6) is 0.331. The van der Waals surface area contributed by atoms with Crippen molar-refractivity contribution in [2.45, 2.75) is 6.92 Å². The van der Waals surface area contributed by atoms with Crippen LogP contribution in [0.3, 0.4) is 0 Å². The quantitative estimate of drug-likeness (QED) is 0.635. The van der Waals surface area contributed by atoms with E-state index in [2.05, 4.69) is 15.5 Å². The van der Waals surface area contributed by atoms with E-state index >= 15 is 0 Å². The molecule has 0 unspecified atom stereocenters. The minimum absolute atomic E-state index is 0.00559. The molecule has 0 spiro atoms. The zero-order valence-electron chi connectivity index (χ0n) is 13.6. The van der Waals surface area contributed by atoms with Crippen LogP contribution in [0.15, 0.2) is 33.7 Å². The maximum absolute atomic E-state index is 12.3. The smallest absolute Gasteiger partial charge is 0.346 e. The van der Waals surface area contributed by atoms with Gasteiger partial charge in [-0.05, 0) is 31.2 Å². The fourth-order valence-electron chi connectivity index (χ4n) is 2.13. The Kier molecular flexibility index (Phi) is 5.03. The molecule has 1 fully saturated rings. The van der Waals surface area contributed by atoms with Crippen molar-refractivity contribution in [1.82, 2.24) is 15.5 Å². The number of benzene rings is 1. The lowest BCUT2D eigenvalue weighted by Gasteiger charge is -2.06. The van der Waals surface area contributed by atoms with Crippen LogP contribution in [0.4, 0.5) is 0 Å². The van der Waals surface area contributed by atoms with Crippen LogP contribution >= 0.6 is 11.8 Å². The summed E-state index contributed by atoms with van der Waals surface area (Å²) in [5, 5.41) is 10.9. The highest BCUT2D eigenvalue weighted by molar-refractivity contribution is 8.04. The van der Waals surface area contributed by atoms with Crippen molar-refractivity contribution in [2.24, 2.45) is 0 Å². The third kappa shape index (κ3) is 3.66. The molecule has 3 rings (SSSR count). The van der Waals surface area contributed by atoms with Crippen LogP contribution in [0.1, 0.15) is 12.8 Å². The lowest BCUT2D eigenvalue weighted by Crippen LogP contribution is -2.18. The Hall–Kier alpha value is -2.81. The highest BCUT2D eigenvalue weighted by atomic mass is 32.2. The van der Waals surface area contributed by atoms with Gasteiger partial charge in [-0.15, -0.1) is 10.2 Å². The fourth-order valence-corrected chi connectivity index (χ4v) is 2.97. The van der Waals surface area contributed by atoms with Crippen LogP contribution in [-0.2, 0) is 14.3 Å². The van der Waals surface area contributed by atoms with Crippen molar-refractivity contribution in [3.05, 3.63) is 35.2 Å². The Morgan fingerprint density at radius 1 is 1.32 bits per heavy atom. The molecule has 1 N–H and O–H groups in total. The van der Waals surface area contributed by atoms with Gasteiger partial charge in [0, 0.05) is 5.56 Å². The molecule has 0 radical (unpaired) electrons. The van der Waals surface area contributed by atoms with Gasteiger partial charge in [-0.2, -0.15) is 0 Å². The minimum atomic E-state index is -0.628. The first kappa shape index (κ1) is 17.0. The maximum atomic E-state index is 12.3. The molecule has 8 nitrogen and oxygen atoms in total. The SMILES string of the molecule is CCOC(=O)C(=C1NC(=O)CS1)c1nnc(-c2ccc(OC)cc2)o1. The third-order valence-corrected chi connectivity index (χ3v) is 4.28. The van der Waals surface area contributed by atoms with Gasteiger partial charge >= 0.3 is 5.97 Å². The normalized spacial score (nSPS) is 15.7. The molecule has 0 aliphatic carbocycles. The molecule has 0 saturated carbocycles. The van der Waals surface area contributed by atoms with E-state index in [9.17, 15) is 9.59 Å². The molecular formula is C16H15N3O5S. The first-order chi connectivity index (χ1) is 12.1. The zero-order chi connectivity index (χ0) is 17.8. The molecule has 2 aromatic rings. The summed E-state index contributed by atoms with van der Waals surface area (Å²) >= 11 is 1.19. The number of rotatable bonds is 5. The number of aromatic nitrogens is 2. The zero-order valence-corrected chi connectivity index (χ0v) is 14.4. The summed E-state index contributed by atoms with van der Waals surface area (Å²) < 4.78 is 15.8. The summed E-state index contributed by atoms with van der Waals surface area (Å²) in [4.78, 5) is 23.7. The summed E-state index contributed by atoms with van der Waals surface area (Å²) in [5.41, 5.74) is 0.737. The molecule has 2 heterocycles. The summed E-state index contributed by atoms with van der Waals surface area (Å²) in [6.07, 6.45) is 0. The van der Waals surface area contributed by atoms with Gasteiger partial charge in [-0.3, -0.25) is 4.79 Å². The Labute approximate surface area is 147 Å². The molecule has 130 valence electrons. The molecule has 1 aromatic carbocycles. The van der Waals surface area contributed by atoms with Crippen LogP contribution < -0.4 is 10.1 Å². The highest BCUT2D eigenvalue weighted by Gasteiger charge is 2.29. The van der Waals surface area contributed by atoms with E-state index in [-0.39, 0.29) is 35.6 Å². The van der Waals surface area contributed by atoms with Crippen LogP contribution in [0, 0.1) is 0 Å². The molecule has 1 saturated heterocycles. The van der Waals surface area contributed by atoms with Crippen LogP contribution in [0.5, 0.6) is 5.75 Å². The molecule has 1 amide bonds. The molecule has 1 aliphatic heterocycles. The van der Waals surface area contributed by atoms with E-state index in [1.165, 1.54) is 11.8 Å². The molecule has 1 aromatic heterocycles. The Morgan fingerprint density at radius 3 is 2.68 bits per heavy atom. The van der Waals surface area contributed by atoms with Gasteiger partial charge in [-0.25, -0.2) is 4.79 Å². The number of ether oxygens (including phenoxy) is 2. The average Bonchev–Trinajstić information content (AvgIpc) is 3.25. The molecule has 1 aliphatic rings. The number of hydrogen-bond donors (Lipinski definition) is 1. The highest BCUT2D eigenvalue weighted by Crippen LogP contribution is 2.31. The largest absolute Gasteiger partial charge is 0.497 e. The number of carbonyl (C=O) groups excluding carboxylic acids is 2. The van der Waals surface area contributed by atoms with Gasteiger partial charge in [0.05, 0.1) is 24.5 Å². The Morgan fingerprint density at radius 2 is 2.08 bits per heavy atom. The van der Waals surface area contributed by atoms with Gasteiger partial charge in [0.1, 0.15) is 5.75 Å². The first-order valence-electron chi connectivity index (χ1n) is 7.44. The van der Waals surface area contributed by atoms with E-state index in [0.717, 1.165) is 0 Å². The van der Waals surface area contributed by atoms with Crippen molar-refractivity contribution < 1.29 is 23.5 Å². The van der Waals surface area contributed by atoms with Crippen molar-refractivity contribution >= 4 is 29.2 Å². The van der Waals surface area contributed by atoms with Crippen molar-refractivity contribution in [2.75, 3.05) is 19.5 Å². The van der Waals surface area contributed by atoms with E-state index in [1.807, 2.05) is 0 Å². The lowest BCUT2D eigenvalue weighted by molar-refractivity contribution is -0.136. The number of nitrogens with zero attached hydrogens (tertiary/aromatic N) is 2. The number of nitrogens with one attached hydrogen (secondary N) is 1. The first-order valence-corrected chi connectivity index (χ1v) is 8.43. The summed E-state index contributed by atoms with van der Waals surface area (Å²) in [6, 6.07) is 7.05. The second kappa shape index (κ2) is 7.39. The molecule has 0 atom stereocenters. The van der Waals surface area contributed by atoms with E-state index in [0.29, 0.717) is 16.3 Å². The number of amides is 1. The van der Waals surface area contributed by atoms with E-state index in [4.69, 9.17) is 13.9 Å². The summed E-state index contributed by atoms with van der Waals surface area (Å²) in [6.45, 7) is 1.88. The average molecular weight is 361 g/mol. The Balaban J connectivity index is 1.96. The third-order valence-electron chi connectivity index (χ3n) is 3.28. The number of esters is 1. The number of thioether (sulfide) groups is 1. The molecular weight excluding hydrogens is 346 g/mol. The second-order valence-electron chi connectivity index (χ2n) is 4.90. The molecule has 0 bridgehead atoms. The standard InChI is InChI=1S/C16H15N3O5S/c1-3-23-16(21)12(15-17-11(20)8-25-15)14-19-18-13(24-14)9-4-6-10(22-2)7-5-9/h4-7H,3,8H2,1-2H3,(H,17,20). The van der Waals surface area contributed by atoms with E-state index < -0.39 is 5.97 Å². The van der Waals surface area contributed by atoms with Gasteiger partial charge < -0.3 is 19.2 Å². The molecule has 9 heteroatoms. The van der Waals surface area contributed by atoms with Crippen LogP contribution in [-0.4, -0.2) is 41.5 Å². The maximum Gasteiger partial charge on any atom is 0.346 e. The molecule has 25 heavy (non-hydrogen) atoms. The van der Waals surface area contributed by atoms with Crippen LogP contribution in [0.2, 0.25) is 0 Å². The number of hydrogen-bond acceptors (Lipinski definition) is 8. The predicted molar refractivity (Wildman–Crippen MR) is 90.4 cm³/mol. The predicted octanol–water partition coefficient (Wildman–Crippen LogP) is 1.84. The number of carbonyl (C=O) groups is 2. The lowest BCUT2D eigenvalue weighted by atomic mass is 10.2. The topological polar surface area (TPSA) is 104 Å². The van der Waals surface area contributed by atoms with Crippen LogP contribution in [0.25, 0.3) is 17.0 Å². The summed E-state index contributed by atoms with van der Waals surface area (Å²) in [7, 11) is 1.57. The monoisotopic (exact) mass is 361 g/mol. The number of methoxy groups -OCH3 is 1. The second-order valence-corrected chi connectivity index (χ2v) is 5.89. The fraction of sp³-hybridized carbons (Fsp3) is 0.250. The van der Waals surface area contributed by atoms with Crippen molar-refractivity contribution in [3.8, 4) is 17.2 Å². The van der Waals surface area contributed by atoms with Gasteiger partial charge in [0.2, 0.25) is 11.8 Å². The van der Waals surface area contributed by atoms with E-state index in [1.54, 1.807) is 38.3 Å².